The van der Waals surface area contributed by atoms with Gasteiger partial charge in [0.25, 0.3) is 5.91 Å². The van der Waals surface area contributed by atoms with Crippen LogP contribution in [0.15, 0.2) is 46.3 Å². The molecule has 0 saturated heterocycles. The summed E-state index contributed by atoms with van der Waals surface area (Å²) in [5.41, 5.74) is -0.0348. The fraction of sp³-hybridized carbons (Fsp3) is 0.0769. The number of hydrogen-bond donors (Lipinski definition) is 2. The largest absolute Gasteiger partial charge is 0.478 e. The number of carbonyl (C=O) groups excluding carboxylic acids is 1. The van der Waals surface area contributed by atoms with E-state index in [9.17, 15) is 9.59 Å². The molecule has 1 rings (SSSR count). The van der Waals surface area contributed by atoms with E-state index < -0.39 is 11.9 Å². The zero-order chi connectivity index (χ0) is 14.3. The molecule has 98 valence electrons. The molecule has 1 aromatic rings. The molecular weight excluding hydrogens is 246 g/mol. The van der Waals surface area contributed by atoms with Crippen molar-refractivity contribution in [2.75, 3.05) is 0 Å². The summed E-state index contributed by atoms with van der Waals surface area (Å²) in [7, 11) is 0. The van der Waals surface area contributed by atoms with E-state index in [2.05, 4.69) is 22.0 Å². The predicted molar refractivity (Wildman–Crippen MR) is 72.7 cm³/mol. The van der Waals surface area contributed by atoms with Gasteiger partial charge in [-0.1, -0.05) is 12.1 Å². The van der Waals surface area contributed by atoms with Crippen LogP contribution in [0.25, 0.3) is 0 Å². The van der Waals surface area contributed by atoms with Crippen molar-refractivity contribution < 1.29 is 14.7 Å². The van der Waals surface area contributed by atoms with Crippen LogP contribution in [-0.2, 0) is 0 Å². The van der Waals surface area contributed by atoms with Gasteiger partial charge in [-0.15, -0.1) is 0 Å². The number of carboxylic acids is 1. The molecule has 0 bridgehead atoms. The van der Waals surface area contributed by atoms with Crippen molar-refractivity contribution in [1.82, 2.24) is 5.32 Å². The summed E-state index contributed by atoms with van der Waals surface area (Å²) in [6.45, 7) is 5.00. The lowest BCUT2D eigenvalue weighted by atomic mass is 10.1. The van der Waals surface area contributed by atoms with Gasteiger partial charge in [0.2, 0.25) is 0 Å². The van der Waals surface area contributed by atoms with E-state index in [1.165, 1.54) is 24.5 Å². The van der Waals surface area contributed by atoms with Crippen molar-refractivity contribution in [3.05, 3.63) is 47.4 Å². The van der Waals surface area contributed by atoms with Crippen LogP contribution in [0.5, 0.6) is 0 Å². The number of nitrogens with zero attached hydrogens (tertiary/aromatic N) is 2. The molecule has 0 aromatic heterocycles. The molecule has 0 aliphatic rings. The van der Waals surface area contributed by atoms with Gasteiger partial charge in [-0.3, -0.25) is 9.79 Å². The van der Waals surface area contributed by atoms with Crippen molar-refractivity contribution in [2.45, 2.75) is 6.92 Å². The number of aromatic carboxylic acids is 1. The van der Waals surface area contributed by atoms with Gasteiger partial charge in [-0.2, -0.15) is 0 Å². The van der Waals surface area contributed by atoms with Gasteiger partial charge in [-0.25, -0.2) is 9.79 Å². The summed E-state index contributed by atoms with van der Waals surface area (Å²) in [4.78, 5) is 30.3. The van der Waals surface area contributed by atoms with Gasteiger partial charge in [0, 0.05) is 6.21 Å². The number of nitrogens with one attached hydrogen (secondary N) is 1. The van der Waals surface area contributed by atoms with Crippen molar-refractivity contribution in [2.24, 2.45) is 9.98 Å². The maximum atomic E-state index is 11.9. The Kier molecular flexibility index (Phi) is 5.16. The Bertz CT molecular complexity index is 562. The van der Waals surface area contributed by atoms with Crippen LogP contribution in [0.4, 0.5) is 0 Å². The summed E-state index contributed by atoms with van der Waals surface area (Å²) in [5.74, 6) is -1.61. The van der Waals surface area contributed by atoms with Gasteiger partial charge in [-0.05, 0) is 25.8 Å². The highest BCUT2D eigenvalue weighted by Gasteiger charge is 2.16. The Morgan fingerprint density at radius 3 is 2.47 bits per heavy atom. The van der Waals surface area contributed by atoms with Gasteiger partial charge >= 0.3 is 5.97 Å². The first-order valence-corrected chi connectivity index (χ1v) is 5.38. The lowest BCUT2D eigenvalue weighted by Gasteiger charge is -2.06. The van der Waals surface area contributed by atoms with Gasteiger partial charge in [0.1, 0.15) is 0 Å². The number of carbonyl (C=O) groups is 2. The lowest BCUT2D eigenvalue weighted by molar-refractivity contribution is 0.0691. The molecule has 1 aromatic carbocycles. The second kappa shape index (κ2) is 6.85. The minimum atomic E-state index is -1.17. The standard InChI is InChI=1S/C13H13N3O3/c1-3-15-8-11(14-2)16-12(17)9-6-4-5-7-10(9)13(18)19/h3-8H,2H2,1H3,(H,16,17)(H,18,19). The fourth-order valence-electron chi connectivity index (χ4n) is 1.31. The maximum Gasteiger partial charge on any atom is 0.336 e. The highest BCUT2D eigenvalue weighted by molar-refractivity contribution is 6.05. The van der Waals surface area contributed by atoms with E-state index in [1.54, 1.807) is 19.1 Å². The molecule has 0 spiro atoms. The Hall–Kier alpha value is -2.76. The first-order chi connectivity index (χ1) is 9.10. The summed E-state index contributed by atoms with van der Waals surface area (Å²) < 4.78 is 0. The molecule has 2 N–H and O–H groups in total. The number of carboxylic acid groups (broad SMARTS) is 1. The van der Waals surface area contributed by atoms with E-state index in [0.29, 0.717) is 0 Å². The zero-order valence-corrected chi connectivity index (χ0v) is 10.3. The first-order valence-electron chi connectivity index (χ1n) is 5.38. The molecule has 0 unspecified atom stereocenters. The highest BCUT2D eigenvalue weighted by atomic mass is 16.4. The quantitative estimate of drug-likeness (QED) is 0.788. The molecule has 0 fully saturated rings. The monoisotopic (exact) mass is 259 g/mol. The van der Waals surface area contributed by atoms with Crippen LogP contribution >= 0.6 is 0 Å². The zero-order valence-electron chi connectivity index (χ0n) is 10.3. The summed E-state index contributed by atoms with van der Waals surface area (Å²) in [6.07, 6.45) is 2.83. The average molecular weight is 259 g/mol. The van der Waals surface area contributed by atoms with Crippen LogP contribution in [0.2, 0.25) is 0 Å². The normalized spacial score (nSPS) is 11.3. The molecule has 6 heteroatoms. The van der Waals surface area contributed by atoms with Crippen LogP contribution < -0.4 is 5.32 Å². The fourth-order valence-corrected chi connectivity index (χ4v) is 1.31. The third-order valence-electron chi connectivity index (χ3n) is 2.16. The topological polar surface area (TPSA) is 91.1 Å². The third-order valence-corrected chi connectivity index (χ3v) is 2.16. The maximum absolute atomic E-state index is 11.9. The highest BCUT2D eigenvalue weighted by Crippen LogP contribution is 2.09. The van der Waals surface area contributed by atoms with Crippen LogP contribution in [0.1, 0.15) is 27.6 Å². The van der Waals surface area contributed by atoms with E-state index in [-0.39, 0.29) is 16.9 Å². The molecule has 0 heterocycles. The SMILES string of the molecule is C=NC(=CN=CC)NC(=O)c1ccccc1C(=O)O. The Morgan fingerprint density at radius 1 is 1.32 bits per heavy atom. The Labute approximate surface area is 110 Å². The molecule has 0 aliphatic carbocycles. The van der Waals surface area contributed by atoms with Gasteiger partial charge in [0.15, 0.2) is 5.82 Å². The minimum absolute atomic E-state index is 0.0463. The molecule has 0 aliphatic heterocycles. The van der Waals surface area contributed by atoms with Crippen molar-refractivity contribution in [3.8, 4) is 0 Å². The van der Waals surface area contributed by atoms with E-state index in [4.69, 9.17) is 5.11 Å². The van der Waals surface area contributed by atoms with E-state index in [1.807, 2.05) is 0 Å². The molecular formula is C13H13N3O3. The van der Waals surface area contributed by atoms with Crippen molar-refractivity contribution >= 4 is 24.8 Å². The van der Waals surface area contributed by atoms with Crippen molar-refractivity contribution in [3.63, 3.8) is 0 Å². The van der Waals surface area contributed by atoms with Crippen LogP contribution in [-0.4, -0.2) is 29.9 Å². The van der Waals surface area contributed by atoms with Gasteiger partial charge in [0.05, 0.1) is 17.3 Å². The molecule has 19 heavy (non-hydrogen) atoms. The van der Waals surface area contributed by atoms with Gasteiger partial charge < -0.3 is 10.4 Å². The predicted octanol–water partition coefficient (Wildman–Crippen LogP) is 1.70. The van der Waals surface area contributed by atoms with Crippen molar-refractivity contribution in [1.29, 1.82) is 0 Å². The van der Waals surface area contributed by atoms with Crippen LogP contribution in [0.3, 0.4) is 0 Å². The molecule has 0 atom stereocenters. The second-order valence-corrected chi connectivity index (χ2v) is 3.38. The second-order valence-electron chi connectivity index (χ2n) is 3.38. The molecule has 6 nitrogen and oxygen atoms in total. The summed E-state index contributed by atoms with van der Waals surface area (Å²) >= 11 is 0. The van der Waals surface area contributed by atoms with Crippen LogP contribution in [0, 0.1) is 0 Å². The Morgan fingerprint density at radius 2 is 1.95 bits per heavy atom. The number of amides is 1. The number of hydrogen-bond acceptors (Lipinski definition) is 4. The minimum Gasteiger partial charge on any atom is -0.478 e. The smallest absolute Gasteiger partial charge is 0.336 e. The average Bonchev–Trinajstić information content (AvgIpc) is 2.43. The number of aliphatic imine (C=N–C) groups is 2. The Balaban J connectivity index is 3.01. The van der Waals surface area contributed by atoms with E-state index >= 15 is 0 Å². The summed E-state index contributed by atoms with van der Waals surface area (Å²) in [5, 5.41) is 11.4. The molecule has 0 saturated carbocycles. The number of rotatable bonds is 5. The van der Waals surface area contributed by atoms with E-state index in [0.717, 1.165) is 0 Å². The third kappa shape index (κ3) is 3.88. The lowest BCUT2D eigenvalue weighted by Crippen LogP contribution is -2.24. The molecule has 1 amide bonds. The first kappa shape index (κ1) is 14.3. The summed E-state index contributed by atoms with van der Waals surface area (Å²) in [6, 6.07) is 5.90. The number of benzene rings is 1. The molecule has 0 radical (unpaired) electrons.